The van der Waals surface area contributed by atoms with E-state index in [1.165, 1.54) is 11.3 Å². The van der Waals surface area contributed by atoms with Gasteiger partial charge in [-0.3, -0.25) is 14.9 Å². The summed E-state index contributed by atoms with van der Waals surface area (Å²) in [7, 11) is 0. The van der Waals surface area contributed by atoms with E-state index in [1.807, 2.05) is 42.6 Å². The second-order valence-electron chi connectivity index (χ2n) is 6.62. The highest BCUT2D eigenvalue weighted by Crippen LogP contribution is 2.36. The summed E-state index contributed by atoms with van der Waals surface area (Å²) in [5, 5.41) is 5.22. The number of nitrogens with one attached hydrogen (secondary N) is 1. The van der Waals surface area contributed by atoms with E-state index in [0.717, 1.165) is 11.1 Å². The summed E-state index contributed by atoms with van der Waals surface area (Å²) in [6, 6.07) is 13.0. The molecule has 1 N–H and O–H groups in total. The maximum atomic E-state index is 12.4. The van der Waals surface area contributed by atoms with Crippen LogP contribution in [0, 0.1) is 6.92 Å². The maximum absolute atomic E-state index is 12.4. The standard InChI is InChI=1S/C22H19N3O3S/c1-3-10-25-18-11-16(8-9-19(18)28-12-20(25)26)17-13-29-22(23-17)24-21(27)15-6-4-14(2)5-7-15/h3-9,11,13H,1,10,12H2,2H3,(H,23,24,27). The number of aryl methyl sites for hydroxylation is 1. The van der Waals surface area contributed by atoms with Crippen molar-refractivity contribution in [2.24, 2.45) is 0 Å². The number of hydrogen-bond acceptors (Lipinski definition) is 5. The first kappa shape index (κ1) is 18.9. The van der Waals surface area contributed by atoms with Gasteiger partial charge in [-0.1, -0.05) is 23.8 Å². The van der Waals surface area contributed by atoms with Crippen LogP contribution in [0.25, 0.3) is 11.3 Å². The highest BCUT2D eigenvalue weighted by atomic mass is 32.1. The van der Waals surface area contributed by atoms with Crippen molar-refractivity contribution < 1.29 is 14.3 Å². The van der Waals surface area contributed by atoms with Gasteiger partial charge in [-0.2, -0.15) is 0 Å². The topological polar surface area (TPSA) is 71.5 Å². The summed E-state index contributed by atoms with van der Waals surface area (Å²) in [6.07, 6.45) is 1.68. The van der Waals surface area contributed by atoms with Gasteiger partial charge in [0, 0.05) is 23.1 Å². The normalized spacial score (nSPS) is 12.9. The fourth-order valence-corrected chi connectivity index (χ4v) is 3.74. The van der Waals surface area contributed by atoms with Crippen molar-refractivity contribution in [1.82, 2.24) is 4.98 Å². The first-order valence-corrected chi connectivity index (χ1v) is 9.95. The summed E-state index contributed by atoms with van der Waals surface area (Å²) in [6.45, 7) is 6.12. The largest absolute Gasteiger partial charge is 0.482 e. The van der Waals surface area contributed by atoms with Gasteiger partial charge >= 0.3 is 0 Å². The number of carbonyl (C=O) groups is 2. The zero-order chi connectivity index (χ0) is 20.4. The quantitative estimate of drug-likeness (QED) is 0.643. The number of anilines is 2. The van der Waals surface area contributed by atoms with Crippen LogP contribution in [-0.4, -0.2) is 29.9 Å². The minimum atomic E-state index is -0.201. The molecule has 0 saturated carbocycles. The number of rotatable bonds is 5. The summed E-state index contributed by atoms with van der Waals surface area (Å²) in [5.74, 6) is 0.338. The molecule has 3 aromatic rings. The number of carbonyl (C=O) groups excluding carboxylic acids is 2. The Morgan fingerprint density at radius 2 is 2.10 bits per heavy atom. The number of benzene rings is 2. The third kappa shape index (κ3) is 3.90. The Morgan fingerprint density at radius 1 is 1.31 bits per heavy atom. The fourth-order valence-electron chi connectivity index (χ4n) is 3.03. The molecule has 7 heteroatoms. The van der Waals surface area contributed by atoms with Crippen LogP contribution in [0.4, 0.5) is 10.8 Å². The zero-order valence-electron chi connectivity index (χ0n) is 15.8. The summed E-state index contributed by atoms with van der Waals surface area (Å²) in [4.78, 5) is 30.7. The predicted molar refractivity (Wildman–Crippen MR) is 115 cm³/mol. The maximum Gasteiger partial charge on any atom is 0.265 e. The molecule has 0 unspecified atom stereocenters. The van der Waals surface area contributed by atoms with Crippen LogP contribution in [0.3, 0.4) is 0 Å². The summed E-state index contributed by atoms with van der Waals surface area (Å²) >= 11 is 1.35. The minimum Gasteiger partial charge on any atom is -0.482 e. The zero-order valence-corrected chi connectivity index (χ0v) is 16.7. The highest BCUT2D eigenvalue weighted by molar-refractivity contribution is 7.14. The Morgan fingerprint density at radius 3 is 2.86 bits per heavy atom. The lowest BCUT2D eigenvalue weighted by atomic mass is 10.1. The van der Waals surface area contributed by atoms with Crippen LogP contribution in [0.2, 0.25) is 0 Å². The van der Waals surface area contributed by atoms with Crippen molar-refractivity contribution in [3.8, 4) is 17.0 Å². The molecule has 6 nitrogen and oxygen atoms in total. The van der Waals surface area contributed by atoms with Crippen molar-refractivity contribution in [1.29, 1.82) is 0 Å². The lowest BCUT2D eigenvalue weighted by Crippen LogP contribution is -2.38. The molecule has 0 bridgehead atoms. The van der Waals surface area contributed by atoms with Crippen LogP contribution in [0.5, 0.6) is 5.75 Å². The Bertz CT molecular complexity index is 1090. The third-order valence-electron chi connectivity index (χ3n) is 4.55. The van der Waals surface area contributed by atoms with Gasteiger partial charge in [0.2, 0.25) is 0 Å². The lowest BCUT2D eigenvalue weighted by molar-refractivity contribution is -0.121. The van der Waals surface area contributed by atoms with Crippen LogP contribution in [-0.2, 0) is 4.79 Å². The molecule has 1 aromatic heterocycles. The van der Waals surface area contributed by atoms with Gasteiger partial charge in [0.1, 0.15) is 5.75 Å². The van der Waals surface area contributed by atoms with Crippen molar-refractivity contribution in [3.05, 3.63) is 71.6 Å². The Balaban J connectivity index is 1.56. The predicted octanol–water partition coefficient (Wildman–Crippen LogP) is 4.28. The molecular formula is C22H19N3O3S. The molecule has 0 fully saturated rings. The van der Waals surface area contributed by atoms with Gasteiger partial charge in [0.25, 0.3) is 11.8 Å². The van der Waals surface area contributed by atoms with E-state index < -0.39 is 0 Å². The number of fused-ring (bicyclic) bond motifs is 1. The van der Waals surface area contributed by atoms with Gasteiger partial charge in [-0.05, 0) is 37.3 Å². The second kappa shape index (κ2) is 7.89. The van der Waals surface area contributed by atoms with E-state index in [2.05, 4.69) is 16.9 Å². The fraction of sp³-hybridized carbons (Fsp3) is 0.136. The van der Waals surface area contributed by atoms with E-state index in [-0.39, 0.29) is 18.4 Å². The SMILES string of the molecule is C=CCN1C(=O)COc2ccc(-c3csc(NC(=O)c4ccc(C)cc4)n3)cc21. The molecule has 0 spiro atoms. The molecule has 29 heavy (non-hydrogen) atoms. The van der Waals surface area contributed by atoms with Gasteiger partial charge in [-0.25, -0.2) is 4.98 Å². The average Bonchev–Trinajstić information content (AvgIpc) is 3.19. The van der Waals surface area contributed by atoms with Gasteiger partial charge in [0.05, 0.1) is 11.4 Å². The molecular weight excluding hydrogens is 386 g/mol. The first-order chi connectivity index (χ1) is 14.0. The average molecular weight is 405 g/mol. The molecule has 0 atom stereocenters. The Hall–Kier alpha value is -3.45. The molecule has 2 heterocycles. The van der Waals surface area contributed by atoms with E-state index in [4.69, 9.17) is 4.74 Å². The van der Waals surface area contributed by atoms with Gasteiger partial charge in [-0.15, -0.1) is 17.9 Å². The van der Waals surface area contributed by atoms with E-state index in [9.17, 15) is 9.59 Å². The van der Waals surface area contributed by atoms with Gasteiger partial charge < -0.3 is 9.64 Å². The highest BCUT2D eigenvalue weighted by Gasteiger charge is 2.25. The molecule has 0 aliphatic carbocycles. The number of hydrogen-bond donors (Lipinski definition) is 1. The van der Waals surface area contributed by atoms with Crippen LogP contribution in [0.1, 0.15) is 15.9 Å². The minimum absolute atomic E-state index is 0.0199. The van der Waals surface area contributed by atoms with Gasteiger partial charge in [0.15, 0.2) is 11.7 Å². The molecule has 0 saturated heterocycles. The number of nitrogens with zero attached hydrogens (tertiary/aromatic N) is 2. The first-order valence-electron chi connectivity index (χ1n) is 9.07. The van der Waals surface area contributed by atoms with Crippen LogP contribution < -0.4 is 15.0 Å². The molecule has 1 aliphatic heterocycles. The molecule has 1 aliphatic rings. The number of thiazole rings is 1. The van der Waals surface area contributed by atoms with E-state index >= 15 is 0 Å². The van der Waals surface area contributed by atoms with Crippen LogP contribution in [0.15, 0.2) is 60.5 Å². The Labute approximate surface area is 172 Å². The molecule has 146 valence electrons. The number of aromatic nitrogens is 1. The van der Waals surface area contributed by atoms with Crippen LogP contribution >= 0.6 is 11.3 Å². The van der Waals surface area contributed by atoms with Crippen molar-refractivity contribution >= 4 is 34.0 Å². The molecule has 2 amide bonds. The number of ether oxygens (including phenoxy) is 1. The number of amides is 2. The third-order valence-corrected chi connectivity index (χ3v) is 5.31. The van der Waals surface area contributed by atoms with Crippen molar-refractivity contribution in [2.45, 2.75) is 6.92 Å². The van der Waals surface area contributed by atoms with E-state index in [0.29, 0.717) is 34.4 Å². The summed E-state index contributed by atoms with van der Waals surface area (Å²) < 4.78 is 5.52. The van der Waals surface area contributed by atoms with E-state index in [1.54, 1.807) is 23.1 Å². The van der Waals surface area contributed by atoms with Crippen molar-refractivity contribution in [2.75, 3.05) is 23.4 Å². The summed E-state index contributed by atoms with van der Waals surface area (Å²) in [5.41, 5.74) is 3.92. The molecule has 4 rings (SSSR count). The second-order valence-corrected chi connectivity index (χ2v) is 7.48. The smallest absolute Gasteiger partial charge is 0.265 e. The monoisotopic (exact) mass is 405 g/mol. The Kier molecular flexibility index (Phi) is 5.14. The molecule has 2 aromatic carbocycles. The van der Waals surface area contributed by atoms with Crippen molar-refractivity contribution in [3.63, 3.8) is 0 Å². The lowest BCUT2D eigenvalue weighted by Gasteiger charge is -2.28. The molecule has 0 radical (unpaired) electrons.